The number of rotatable bonds is 1. The lowest BCUT2D eigenvalue weighted by Gasteiger charge is -2.38. The minimum atomic E-state index is -0.347. The van der Waals surface area contributed by atoms with E-state index < -0.39 is 0 Å². The molecule has 1 saturated heterocycles. The number of amides is 1. The zero-order valence-electron chi connectivity index (χ0n) is 12.3. The minimum Gasteiger partial charge on any atom is -0.506 e. The number of phenolic OH excluding ortho intramolecular Hbond substituents is 1. The van der Waals surface area contributed by atoms with Gasteiger partial charge in [0.25, 0.3) is 5.91 Å². The van der Waals surface area contributed by atoms with Gasteiger partial charge in [-0.25, -0.2) is 0 Å². The molecule has 0 unspecified atom stereocenters. The van der Waals surface area contributed by atoms with Gasteiger partial charge in [-0.2, -0.15) is 0 Å². The van der Waals surface area contributed by atoms with Crippen LogP contribution < -0.4 is 0 Å². The van der Waals surface area contributed by atoms with Crippen molar-refractivity contribution in [1.82, 2.24) is 4.90 Å². The van der Waals surface area contributed by atoms with Crippen molar-refractivity contribution in [2.75, 3.05) is 19.7 Å². The molecule has 4 nitrogen and oxygen atoms in total. The highest BCUT2D eigenvalue weighted by atomic mass is 16.5. The largest absolute Gasteiger partial charge is 0.506 e. The fourth-order valence-corrected chi connectivity index (χ4v) is 2.79. The Balaban J connectivity index is 1.96. The van der Waals surface area contributed by atoms with Crippen LogP contribution in [-0.4, -0.2) is 41.2 Å². The summed E-state index contributed by atoms with van der Waals surface area (Å²) in [6.45, 7) is 5.53. The number of nitrogens with zero attached hydrogens (tertiary/aromatic N) is 1. The molecule has 0 spiro atoms. The van der Waals surface area contributed by atoms with Crippen LogP contribution in [0.3, 0.4) is 0 Å². The first-order valence-electron chi connectivity index (χ1n) is 7.12. The molecule has 1 aliphatic rings. The van der Waals surface area contributed by atoms with Gasteiger partial charge in [-0.3, -0.25) is 4.79 Å². The fourth-order valence-electron chi connectivity index (χ4n) is 2.79. The highest BCUT2D eigenvalue weighted by Gasteiger charge is 2.31. The average molecular weight is 285 g/mol. The Kier molecular flexibility index (Phi) is 3.33. The van der Waals surface area contributed by atoms with Gasteiger partial charge in [0.1, 0.15) is 5.75 Å². The number of morpholine rings is 1. The van der Waals surface area contributed by atoms with Crippen LogP contribution in [-0.2, 0) is 4.74 Å². The molecule has 0 saturated carbocycles. The Hall–Kier alpha value is -2.07. The average Bonchev–Trinajstić information content (AvgIpc) is 2.46. The molecular weight excluding hydrogens is 266 g/mol. The summed E-state index contributed by atoms with van der Waals surface area (Å²) in [6.07, 6.45) is 0. The number of hydrogen-bond donors (Lipinski definition) is 1. The van der Waals surface area contributed by atoms with Crippen molar-refractivity contribution < 1.29 is 14.6 Å². The van der Waals surface area contributed by atoms with Crippen molar-refractivity contribution in [3.63, 3.8) is 0 Å². The Morgan fingerprint density at radius 1 is 1.24 bits per heavy atom. The van der Waals surface area contributed by atoms with Crippen molar-refractivity contribution in [3.05, 3.63) is 42.0 Å². The number of hydrogen-bond acceptors (Lipinski definition) is 3. The van der Waals surface area contributed by atoms with E-state index in [-0.39, 0.29) is 17.3 Å². The molecule has 110 valence electrons. The summed E-state index contributed by atoms with van der Waals surface area (Å²) in [5, 5.41) is 12.0. The van der Waals surface area contributed by atoms with Crippen molar-refractivity contribution in [3.8, 4) is 5.75 Å². The molecule has 3 rings (SSSR count). The van der Waals surface area contributed by atoms with Gasteiger partial charge >= 0.3 is 0 Å². The normalized spacial score (nSPS) is 17.9. The summed E-state index contributed by atoms with van der Waals surface area (Å²) in [7, 11) is 0. The maximum atomic E-state index is 12.7. The predicted molar refractivity (Wildman–Crippen MR) is 81.5 cm³/mol. The molecule has 1 heterocycles. The van der Waals surface area contributed by atoms with Crippen LogP contribution in [0.4, 0.5) is 0 Å². The molecular formula is C17H19NO3. The molecule has 1 N–H and O–H groups in total. The van der Waals surface area contributed by atoms with Gasteiger partial charge in [-0.1, -0.05) is 30.3 Å². The van der Waals surface area contributed by atoms with Gasteiger partial charge < -0.3 is 14.7 Å². The Morgan fingerprint density at radius 3 is 2.76 bits per heavy atom. The van der Waals surface area contributed by atoms with Gasteiger partial charge in [0.15, 0.2) is 0 Å². The van der Waals surface area contributed by atoms with E-state index in [0.29, 0.717) is 30.6 Å². The fraction of sp³-hybridized carbons (Fsp3) is 0.353. The molecule has 0 aliphatic carbocycles. The van der Waals surface area contributed by atoms with E-state index in [4.69, 9.17) is 4.74 Å². The molecule has 2 aromatic rings. The molecule has 0 bridgehead atoms. The van der Waals surface area contributed by atoms with Gasteiger partial charge in [0.2, 0.25) is 0 Å². The first-order chi connectivity index (χ1) is 9.98. The topological polar surface area (TPSA) is 49.8 Å². The van der Waals surface area contributed by atoms with E-state index in [0.717, 1.165) is 5.39 Å². The molecule has 1 aliphatic heterocycles. The molecule has 4 heteroatoms. The zero-order valence-corrected chi connectivity index (χ0v) is 12.3. The van der Waals surface area contributed by atoms with Crippen LogP contribution in [0.5, 0.6) is 5.75 Å². The SMILES string of the molecule is CC1(C)CN(C(=O)c2ccc3ccccc3c2O)CCO1. The second-order valence-corrected chi connectivity index (χ2v) is 6.02. The molecule has 0 atom stereocenters. The van der Waals surface area contributed by atoms with Gasteiger partial charge in [-0.05, 0) is 25.3 Å². The third-order valence-corrected chi connectivity index (χ3v) is 3.84. The van der Waals surface area contributed by atoms with Crippen molar-refractivity contribution in [2.45, 2.75) is 19.4 Å². The third kappa shape index (κ3) is 2.59. The lowest BCUT2D eigenvalue weighted by molar-refractivity contribution is -0.0764. The van der Waals surface area contributed by atoms with Crippen molar-refractivity contribution in [1.29, 1.82) is 0 Å². The Morgan fingerprint density at radius 2 is 2.00 bits per heavy atom. The summed E-state index contributed by atoms with van der Waals surface area (Å²) in [5.41, 5.74) is 0.00630. The van der Waals surface area contributed by atoms with Crippen molar-refractivity contribution in [2.24, 2.45) is 0 Å². The number of benzene rings is 2. The highest BCUT2D eigenvalue weighted by molar-refractivity contribution is 6.03. The van der Waals surface area contributed by atoms with Crippen LogP contribution in [0.25, 0.3) is 10.8 Å². The zero-order chi connectivity index (χ0) is 15.0. The molecule has 1 fully saturated rings. The van der Waals surface area contributed by atoms with E-state index in [1.54, 1.807) is 11.0 Å². The number of carbonyl (C=O) groups is 1. The summed E-state index contributed by atoms with van der Waals surface area (Å²) in [6, 6.07) is 11.1. The van der Waals surface area contributed by atoms with E-state index in [9.17, 15) is 9.90 Å². The maximum absolute atomic E-state index is 12.7. The quantitative estimate of drug-likeness (QED) is 0.876. The molecule has 0 radical (unpaired) electrons. The standard InChI is InChI=1S/C17H19NO3/c1-17(2)11-18(9-10-21-17)16(20)14-8-7-12-5-3-4-6-13(12)15(14)19/h3-8,19H,9-11H2,1-2H3. The predicted octanol–water partition coefficient (Wildman–Crippen LogP) is 2.80. The summed E-state index contributed by atoms with van der Waals surface area (Å²) >= 11 is 0. The summed E-state index contributed by atoms with van der Waals surface area (Å²) in [4.78, 5) is 14.4. The minimum absolute atomic E-state index is 0.0578. The Labute approximate surface area is 123 Å². The van der Waals surface area contributed by atoms with Crippen LogP contribution in [0.2, 0.25) is 0 Å². The summed E-state index contributed by atoms with van der Waals surface area (Å²) < 4.78 is 5.63. The van der Waals surface area contributed by atoms with Gasteiger partial charge in [-0.15, -0.1) is 0 Å². The van der Waals surface area contributed by atoms with Gasteiger partial charge in [0.05, 0.1) is 17.8 Å². The van der Waals surface area contributed by atoms with Crippen LogP contribution in [0, 0.1) is 0 Å². The van der Waals surface area contributed by atoms with E-state index in [2.05, 4.69) is 0 Å². The maximum Gasteiger partial charge on any atom is 0.257 e. The summed E-state index contributed by atoms with van der Waals surface area (Å²) in [5.74, 6) is -0.0861. The lowest BCUT2D eigenvalue weighted by Crippen LogP contribution is -2.50. The monoisotopic (exact) mass is 285 g/mol. The van der Waals surface area contributed by atoms with Crippen LogP contribution in [0.15, 0.2) is 36.4 Å². The van der Waals surface area contributed by atoms with Crippen LogP contribution in [0.1, 0.15) is 24.2 Å². The van der Waals surface area contributed by atoms with E-state index in [1.165, 1.54) is 0 Å². The molecule has 1 amide bonds. The van der Waals surface area contributed by atoms with E-state index in [1.807, 2.05) is 44.2 Å². The molecule has 0 aromatic heterocycles. The number of fused-ring (bicyclic) bond motifs is 1. The molecule has 21 heavy (non-hydrogen) atoms. The molecule has 2 aromatic carbocycles. The number of carbonyl (C=O) groups excluding carboxylic acids is 1. The highest BCUT2D eigenvalue weighted by Crippen LogP contribution is 2.30. The number of phenols is 1. The van der Waals surface area contributed by atoms with Crippen LogP contribution >= 0.6 is 0 Å². The first-order valence-corrected chi connectivity index (χ1v) is 7.12. The lowest BCUT2D eigenvalue weighted by atomic mass is 10.0. The van der Waals surface area contributed by atoms with Crippen molar-refractivity contribution >= 4 is 16.7 Å². The van der Waals surface area contributed by atoms with Gasteiger partial charge in [0, 0.05) is 18.5 Å². The Bertz CT molecular complexity index is 693. The second kappa shape index (κ2) is 5.04. The number of aromatic hydroxyl groups is 1. The number of ether oxygens (including phenoxy) is 1. The smallest absolute Gasteiger partial charge is 0.257 e. The van der Waals surface area contributed by atoms with E-state index >= 15 is 0 Å². The third-order valence-electron chi connectivity index (χ3n) is 3.84. The second-order valence-electron chi connectivity index (χ2n) is 6.02. The first kappa shape index (κ1) is 13.9.